The number of methoxy groups -OCH3 is 1. The second-order valence-corrected chi connectivity index (χ2v) is 5.62. The summed E-state index contributed by atoms with van der Waals surface area (Å²) in [5.41, 5.74) is 2.67. The average Bonchev–Trinajstić information content (AvgIpc) is 2.61. The quantitative estimate of drug-likeness (QED) is 0.368. The van der Waals surface area contributed by atoms with E-state index in [1.54, 1.807) is 19.4 Å². The second-order valence-electron chi connectivity index (χ2n) is 5.62. The molecule has 0 aliphatic heterocycles. The first kappa shape index (κ1) is 22.1. The Morgan fingerprint density at radius 2 is 2.08 bits per heavy atom. The van der Waals surface area contributed by atoms with Crippen LogP contribution in [0.1, 0.15) is 23.7 Å². The molecular formula is C19H26FIN4O. The largest absolute Gasteiger partial charge is 0.496 e. The van der Waals surface area contributed by atoms with Crippen LogP contribution in [-0.4, -0.2) is 31.1 Å². The van der Waals surface area contributed by atoms with E-state index in [-0.39, 0.29) is 36.3 Å². The summed E-state index contributed by atoms with van der Waals surface area (Å²) < 4.78 is 19.0. The van der Waals surface area contributed by atoms with E-state index in [4.69, 9.17) is 4.74 Å². The van der Waals surface area contributed by atoms with Crippen LogP contribution < -0.4 is 15.4 Å². The molecule has 0 aliphatic rings. The summed E-state index contributed by atoms with van der Waals surface area (Å²) in [6.07, 6.45) is 2.37. The smallest absolute Gasteiger partial charge is 0.191 e. The number of aryl methyl sites for hydroxylation is 1. The van der Waals surface area contributed by atoms with Crippen molar-refractivity contribution in [1.82, 2.24) is 15.6 Å². The fraction of sp³-hybridized carbons (Fsp3) is 0.368. The lowest BCUT2D eigenvalue weighted by molar-refractivity contribution is 0.409. The van der Waals surface area contributed by atoms with Crippen molar-refractivity contribution in [2.24, 2.45) is 4.99 Å². The fourth-order valence-corrected chi connectivity index (χ4v) is 2.45. The van der Waals surface area contributed by atoms with Crippen molar-refractivity contribution in [1.29, 1.82) is 0 Å². The molecule has 0 saturated heterocycles. The molecule has 7 heteroatoms. The number of hydrogen-bond donors (Lipinski definition) is 2. The van der Waals surface area contributed by atoms with Crippen molar-refractivity contribution >= 4 is 29.9 Å². The van der Waals surface area contributed by atoms with Crippen LogP contribution in [0.5, 0.6) is 5.75 Å². The molecule has 5 nitrogen and oxygen atoms in total. The van der Waals surface area contributed by atoms with Gasteiger partial charge in [0.1, 0.15) is 11.6 Å². The van der Waals surface area contributed by atoms with Gasteiger partial charge in [0.05, 0.1) is 19.3 Å². The van der Waals surface area contributed by atoms with Gasteiger partial charge in [-0.2, -0.15) is 0 Å². The van der Waals surface area contributed by atoms with Gasteiger partial charge < -0.3 is 15.4 Å². The lowest BCUT2D eigenvalue weighted by Crippen LogP contribution is -2.38. The van der Waals surface area contributed by atoms with Crippen LogP contribution in [0.25, 0.3) is 0 Å². The van der Waals surface area contributed by atoms with Gasteiger partial charge in [0.2, 0.25) is 0 Å². The number of benzene rings is 1. The molecule has 2 aromatic rings. The SMILES string of the molecule is CCNC(=NCc1ncccc1F)NCCc1cc(C)ccc1OC.I. The van der Waals surface area contributed by atoms with Crippen LogP contribution in [0, 0.1) is 12.7 Å². The van der Waals surface area contributed by atoms with Gasteiger partial charge in [-0.25, -0.2) is 9.38 Å². The third kappa shape index (κ3) is 6.78. The van der Waals surface area contributed by atoms with E-state index < -0.39 is 0 Å². The monoisotopic (exact) mass is 472 g/mol. The third-order valence-corrected chi connectivity index (χ3v) is 3.69. The molecule has 26 heavy (non-hydrogen) atoms. The molecule has 0 fully saturated rings. The molecule has 0 atom stereocenters. The predicted molar refractivity (Wildman–Crippen MR) is 114 cm³/mol. The Hall–Kier alpha value is -1.90. The molecule has 1 heterocycles. The lowest BCUT2D eigenvalue weighted by Gasteiger charge is -2.13. The van der Waals surface area contributed by atoms with E-state index in [9.17, 15) is 4.39 Å². The molecule has 2 N–H and O–H groups in total. The Kier molecular flexibility index (Phi) is 9.93. The van der Waals surface area contributed by atoms with Crippen LogP contribution in [-0.2, 0) is 13.0 Å². The number of hydrogen-bond acceptors (Lipinski definition) is 3. The Morgan fingerprint density at radius 3 is 2.77 bits per heavy atom. The summed E-state index contributed by atoms with van der Waals surface area (Å²) in [6, 6.07) is 9.09. The van der Waals surface area contributed by atoms with Gasteiger partial charge in [0.15, 0.2) is 5.96 Å². The predicted octanol–water partition coefficient (Wildman–Crippen LogP) is 3.45. The summed E-state index contributed by atoms with van der Waals surface area (Å²) in [5, 5.41) is 6.42. The standard InChI is InChI=1S/C19H25FN4O.HI/c1-4-21-19(24-13-17-16(20)6-5-10-22-17)23-11-9-15-12-14(2)7-8-18(15)25-3;/h5-8,10,12H,4,9,11,13H2,1-3H3,(H2,21,23,24);1H. The van der Waals surface area contributed by atoms with Gasteiger partial charge in [0, 0.05) is 19.3 Å². The maximum Gasteiger partial charge on any atom is 0.191 e. The van der Waals surface area contributed by atoms with Gasteiger partial charge in [-0.3, -0.25) is 4.98 Å². The van der Waals surface area contributed by atoms with Gasteiger partial charge in [-0.1, -0.05) is 17.7 Å². The first-order chi connectivity index (χ1) is 12.1. The van der Waals surface area contributed by atoms with Crippen molar-refractivity contribution in [2.45, 2.75) is 26.8 Å². The molecule has 2 rings (SSSR count). The van der Waals surface area contributed by atoms with Crippen LogP contribution >= 0.6 is 24.0 Å². The van der Waals surface area contributed by atoms with Crippen LogP contribution in [0.4, 0.5) is 4.39 Å². The summed E-state index contributed by atoms with van der Waals surface area (Å²) in [6.45, 7) is 5.65. The molecule has 1 aromatic heterocycles. The molecule has 0 spiro atoms. The first-order valence-electron chi connectivity index (χ1n) is 8.39. The van der Waals surface area contributed by atoms with E-state index in [1.807, 2.05) is 19.1 Å². The van der Waals surface area contributed by atoms with Crippen LogP contribution in [0.3, 0.4) is 0 Å². The van der Waals surface area contributed by atoms with Gasteiger partial charge in [0.25, 0.3) is 0 Å². The van der Waals surface area contributed by atoms with Gasteiger partial charge in [-0.15, -0.1) is 24.0 Å². The van der Waals surface area contributed by atoms with Gasteiger partial charge in [-0.05, 0) is 44.0 Å². The number of pyridine rings is 1. The molecule has 0 amide bonds. The zero-order valence-corrected chi connectivity index (χ0v) is 17.7. The number of nitrogens with zero attached hydrogens (tertiary/aromatic N) is 2. The zero-order valence-electron chi connectivity index (χ0n) is 15.4. The van der Waals surface area contributed by atoms with E-state index in [0.29, 0.717) is 18.2 Å². The molecule has 0 bridgehead atoms. The van der Waals surface area contributed by atoms with E-state index in [0.717, 1.165) is 24.3 Å². The number of aromatic nitrogens is 1. The summed E-state index contributed by atoms with van der Waals surface area (Å²) in [5.74, 6) is 1.18. The number of halogens is 2. The molecule has 142 valence electrons. The minimum absolute atomic E-state index is 0. The molecule has 0 radical (unpaired) electrons. The van der Waals surface area contributed by atoms with Gasteiger partial charge >= 0.3 is 0 Å². The Labute approximate surface area is 171 Å². The number of aliphatic imine (C=N–C) groups is 1. The van der Waals surface area contributed by atoms with Crippen molar-refractivity contribution in [3.63, 3.8) is 0 Å². The number of guanidine groups is 1. The normalized spacial score (nSPS) is 10.8. The first-order valence-corrected chi connectivity index (χ1v) is 8.39. The highest BCUT2D eigenvalue weighted by atomic mass is 127. The third-order valence-electron chi connectivity index (χ3n) is 3.69. The van der Waals surface area contributed by atoms with Crippen molar-refractivity contribution in [3.05, 3.63) is 59.2 Å². The molecular weight excluding hydrogens is 446 g/mol. The maximum atomic E-state index is 13.6. The highest BCUT2D eigenvalue weighted by Gasteiger charge is 2.05. The van der Waals surface area contributed by atoms with E-state index >= 15 is 0 Å². The Balaban J connectivity index is 0.00000338. The van der Waals surface area contributed by atoms with E-state index in [1.165, 1.54) is 11.6 Å². The Bertz CT molecular complexity index is 724. The second kappa shape index (κ2) is 11.7. The van der Waals surface area contributed by atoms with Crippen molar-refractivity contribution < 1.29 is 9.13 Å². The number of ether oxygens (including phenoxy) is 1. The minimum atomic E-state index is -0.341. The summed E-state index contributed by atoms with van der Waals surface area (Å²) >= 11 is 0. The van der Waals surface area contributed by atoms with E-state index in [2.05, 4.69) is 33.6 Å². The number of rotatable bonds is 7. The van der Waals surface area contributed by atoms with Crippen molar-refractivity contribution in [2.75, 3.05) is 20.2 Å². The van der Waals surface area contributed by atoms with Crippen LogP contribution in [0.15, 0.2) is 41.5 Å². The highest BCUT2D eigenvalue weighted by molar-refractivity contribution is 14.0. The highest BCUT2D eigenvalue weighted by Crippen LogP contribution is 2.19. The van der Waals surface area contributed by atoms with Crippen molar-refractivity contribution in [3.8, 4) is 5.75 Å². The molecule has 0 saturated carbocycles. The topological polar surface area (TPSA) is 58.5 Å². The molecule has 1 aromatic carbocycles. The average molecular weight is 472 g/mol. The lowest BCUT2D eigenvalue weighted by atomic mass is 10.1. The zero-order chi connectivity index (χ0) is 18.1. The minimum Gasteiger partial charge on any atom is -0.496 e. The molecule has 0 unspecified atom stereocenters. The Morgan fingerprint density at radius 1 is 1.27 bits per heavy atom. The summed E-state index contributed by atoms with van der Waals surface area (Å²) in [7, 11) is 1.68. The number of nitrogens with one attached hydrogen (secondary N) is 2. The molecule has 0 aliphatic carbocycles. The summed E-state index contributed by atoms with van der Waals surface area (Å²) in [4.78, 5) is 8.41. The fourth-order valence-electron chi connectivity index (χ4n) is 2.45. The van der Waals surface area contributed by atoms with Crippen LogP contribution in [0.2, 0.25) is 0 Å². The maximum absolute atomic E-state index is 13.6.